The van der Waals surface area contributed by atoms with Crippen molar-refractivity contribution in [3.63, 3.8) is 0 Å². The summed E-state index contributed by atoms with van der Waals surface area (Å²) in [6.45, 7) is 12.6. The minimum Gasteiger partial charge on any atom is -0.462 e. The molecule has 0 radical (unpaired) electrons. The van der Waals surface area contributed by atoms with Gasteiger partial charge in [0, 0.05) is 44.2 Å². The third-order valence-corrected chi connectivity index (χ3v) is 15.3. The molecule has 0 unspecified atom stereocenters. The molecule has 394 valence electrons. The first kappa shape index (κ1) is 58.7. The number of aliphatic hydroxyl groups excluding tert-OH is 4. The number of Topliss-reactive ketones (excluding diaryl/α,β-unsaturated/α-hetero) is 3. The summed E-state index contributed by atoms with van der Waals surface area (Å²) in [6.07, 6.45) is 10.5. The van der Waals surface area contributed by atoms with Crippen molar-refractivity contribution in [2.24, 2.45) is 40.9 Å². The van der Waals surface area contributed by atoms with Crippen LogP contribution >= 0.6 is 0 Å². The van der Waals surface area contributed by atoms with Crippen molar-refractivity contribution in [3.8, 4) is 0 Å². The number of rotatable bonds is 8. The lowest BCUT2D eigenvalue weighted by Gasteiger charge is -2.42. The predicted molar refractivity (Wildman–Crippen MR) is 260 cm³/mol. The molecule has 0 aromatic heterocycles. The number of carbonyl (C=O) groups excluding carboxylic acids is 6. The highest BCUT2D eigenvalue weighted by Gasteiger charge is 2.53. The van der Waals surface area contributed by atoms with Crippen LogP contribution in [0.15, 0.2) is 47.6 Å². The topological polar surface area (TPSA) is 244 Å². The molecule has 16 nitrogen and oxygen atoms in total. The minimum atomic E-state index is -2.46. The third-order valence-electron chi connectivity index (χ3n) is 15.3. The van der Waals surface area contributed by atoms with E-state index in [2.05, 4.69) is 0 Å². The van der Waals surface area contributed by atoms with Crippen LogP contribution in [0.25, 0.3) is 0 Å². The summed E-state index contributed by atoms with van der Waals surface area (Å²) in [4.78, 5) is 84.3. The molecule has 2 saturated heterocycles. The second kappa shape index (κ2) is 26.7. The van der Waals surface area contributed by atoms with Crippen LogP contribution in [0.4, 0.5) is 0 Å². The van der Waals surface area contributed by atoms with Crippen LogP contribution in [0.1, 0.15) is 139 Å². The molecule has 1 saturated carbocycles. The molecule has 4 rings (SSSR count). The summed E-state index contributed by atoms with van der Waals surface area (Å²) in [5.74, 6) is -9.57. The monoisotopic (exact) mass is 986 g/mol. The third kappa shape index (κ3) is 15.3. The Morgan fingerprint density at radius 3 is 2.20 bits per heavy atom. The molecule has 70 heavy (non-hydrogen) atoms. The number of carbonyl (C=O) groups is 6. The highest BCUT2D eigenvalue weighted by atomic mass is 16.6. The number of amides is 1. The van der Waals surface area contributed by atoms with Gasteiger partial charge in [-0.1, -0.05) is 71.1 Å². The molecule has 3 heterocycles. The smallest absolute Gasteiger partial charge is 0.329 e. The van der Waals surface area contributed by atoms with Crippen LogP contribution in [0, 0.1) is 40.9 Å². The van der Waals surface area contributed by atoms with E-state index in [9.17, 15) is 54.3 Å². The van der Waals surface area contributed by atoms with Crippen molar-refractivity contribution in [2.45, 2.75) is 187 Å². The lowest BCUT2D eigenvalue weighted by atomic mass is 9.79. The van der Waals surface area contributed by atoms with Gasteiger partial charge in [-0.15, -0.1) is 0 Å². The maximum absolute atomic E-state index is 14.4. The largest absolute Gasteiger partial charge is 0.462 e. The van der Waals surface area contributed by atoms with Crippen LogP contribution in [0.3, 0.4) is 0 Å². The van der Waals surface area contributed by atoms with E-state index in [4.69, 9.17) is 18.9 Å². The first-order valence-electron chi connectivity index (χ1n) is 25.5. The second-order valence-corrected chi connectivity index (χ2v) is 21.3. The predicted octanol–water partition coefficient (Wildman–Crippen LogP) is 5.44. The van der Waals surface area contributed by atoms with Crippen LogP contribution in [-0.2, 0) is 47.7 Å². The maximum Gasteiger partial charge on any atom is 0.329 e. The Bertz CT molecular complexity index is 1930. The number of ether oxygens (including phenoxy) is 4. The second-order valence-electron chi connectivity index (χ2n) is 21.3. The van der Waals surface area contributed by atoms with E-state index in [0.717, 1.165) is 10.5 Å². The molecular weight excluding hydrogens is 903 g/mol. The van der Waals surface area contributed by atoms with Crippen LogP contribution in [0.5, 0.6) is 0 Å². The molecule has 12 atom stereocenters. The van der Waals surface area contributed by atoms with Crippen LogP contribution in [0.2, 0.25) is 0 Å². The first-order chi connectivity index (χ1) is 33.0. The number of allylic oxidation sites excluding steroid dienone is 6. The Morgan fingerprint density at radius 2 is 1.56 bits per heavy atom. The Morgan fingerprint density at radius 1 is 0.886 bits per heavy atom. The molecule has 4 aliphatic rings. The highest BCUT2D eigenvalue weighted by Crippen LogP contribution is 2.38. The molecule has 5 N–H and O–H groups in total. The van der Waals surface area contributed by atoms with Gasteiger partial charge < -0.3 is 49.4 Å². The normalized spacial score (nSPS) is 37.5. The van der Waals surface area contributed by atoms with Gasteiger partial charge in [0.2, 0.25) is 5.79 Å². The zero-order valence-corrected chi connectivity index (χ0v) is 43.0. The van der Waals surface area contributed by atoms with E-state index in [1.807, 2.05) is 51.2 Å². The molecule has 0 aromatic carbocycles. The standard InChI is InChI=1S/C54H83NO15/c1-32-15-11-10-12-16-33(2)44(67-9)28-41-21-18-38(7)54(66,70-41)49(62)50(63)55-24-14-13-17-42(55)51(64)69-45(29-43(58)34(3)26-37(6)47(60)48(61)46(59)36(5)25-32)35(4)27-39-19-22-40(23-20-39)68-52(65)53(8,30-56)31-57/h10-12,15-16,26,32,34-36,38-42,44-45,47-48,56-57,60-61,66H,13-14,17-25,27-31H2,1-9H3/b12-10+,15-11-,33-16+,37-26+/t32-,34-,35-,36-,38-,39?,40?,41+,42+,44+,45+,47-,48+,54-/m1/s1. The summed E-state index contributed by atoms with van der Waals surface area (Å²) in [5.41, 5.74) is -0.351. The van der Waals surface area contributed by atoms with Gasteiger partial charge in [0.15, 0.2) is 5.78 Å². The average molecular weight is 986 g/mol. The Kier molecular flexibility index (Phi) is 22.4. The molecule has 1 amide bonds. The van der Waals surface area contributed by atoms with Gasteiger partial charge in [0.25, 0.3) is 11.7 Å². The number of cyclic esters (lactones) is 1. The van der Waals surface area contributed by atoms with E-state index in [1.165, 1.54) is 19.9 Å². The van der Waals surface area contributed by atoms with Crippen molar-refractivity contribution in [3.05, 3.63) is 47.6 Å². The molecule has 0 spiro atoms. The quantitative estimate of drug-likeness (QED) is 0.116. The lowest BCUT2D eigenvalue weighted by Crippen LogP contribution is -2.61. The van der Waals surface area contributed by atoms with Gasteiger partial charge in [-0.3, -0.25) is 24.0 Å². The Hall–Kier alpha value is -3.90. The number of nitrogens with zero attached hydrogens (tertiary/aromatic N) is 1. The Labute approximate surface area is 414 Å². The van der Waals surface area contributed by atoms with E-state index < -0.39 is 120 Å². The number of piperidine rings is 1. The number of methoxy groups -OCH3 is 1. The number of fused-ring (bicyclic) bond motifs is 3. The number of aliphatic hydroxyl groups is 5. The van der Waals surface area contributed by atoms with Gasteiger partial charge in [0.1, 0.15) is 41.7 Å². The molecule has 1 aliphatic carbocycles. The van der Waals surface area contributed by atoms with Crippen molar-refractivity contribution < 1.29 is 73.2 Å². The first-order valence-corrected chi connectivity index (χ1v) is 25.5. The number of hydrogen-bond donors (Lipinski definition) is 5. The van der Waals surface area contributed by atoms with Gasteiger partial charge in [-0.2, -0.15) is 0 Å². The summed E-state index contributed by atoms with van der Waals surface area (Å²) in [7, 11) is 1.56. The fraction of sp³-hybridized carbons (Fsp3) is 0.741. The number of ketones is 3. The lowest BCUT2D eigenvalue weighted by molar-refractivity contribution is -0.265. The van der Waals surface area contributed by atoms with E-state index in [-0.39, 0.29) is 49.0 Å². The van der Waals surface area contributed by atoms with Gasteiger partial charge in [-0.25, -0.2) is 4.79 Å². The Balaban J connectivity index is 1.65. The van der Waals surface area contributed by atoms with Crippen molar-refractivity contribution in [2.75, 3.05) is 26.9 Å². The summed E-state index contributed by atoms with van der Waals surface area (Å²) < 4.78 is 23.9. The fourth-order valence-electron chi connectivity index (χ4n) is 10.2. The van der Waals surface area contributed by atoms with Gasteiger partial charge in [-0.05, 0) is 120 Å². The molecule has 0 aromatic rings. The van der Waals surface area contributed by atoms with Gasteiger partial charge >= 0.3 is 11.9 Å². The summed E-state index contributed by atoms with van der Waals surface area (Å²) in [6, 6.07) is -1.19. The minimum absolute atomic E-state index is 0.0505. The van der Waals surface area contributed by atoms with E-state index in [1.54, 1.807) is 27.9 Å². The molecule has 3 aliphatic heterocycles. The van der Waals surface area contributed by atoms with Gasteiger partial charge in [0.05, 0.1) is 25.4 Å². The van der Waals surface area contributed by atoms with Crippen molar-refractivity contribution in [1.82, 2.24) is 4.90 Å². The molecule has 2 bridgehead atoms. The fourth-order valence-corrected chi connectivity index (χ4v) is 10.2. The zero-order chi connectivity index (χ0) is 52.1. The van der Waals surface area contributed by atoms with E-state index >= 15 is 0 Å². The van der Waals surface area contributed by atoms with Crippen molar-refractivity contribution >= 4 is 35.2 Å². The maximum atomic E-state index is 14.4. The number of esters is 2. The SMILES string of the molecule is CO[C@H]1C[C@@H]2CC[C@@H](C)[C@@](O)(O2)C(=O)C(=O)N2CCCC[C@H]2C(=O)O[C@H]([C@H](C)CC2CCC(OC(=O)C(C)(CO)CO)CC2)CC(=O)[C@H](C)/C=C(\C)[C@@H](O)[C@@H](O)C(=O)[C@H](C)C[C@H](C)\C=C/C=C/C=C/1C. The number of hydrogen-bond acceptors (Lipinski definition) is 15. The van der Waals surface area contributed by atoms with E-state index in [0.29, 0.717) is 64.2 Å². The van der Waals surface area contributed by atoms with Crippen molar-refractivity contribution in [1.29, 1.82) is 0 Å². The average Bonchev–Trinajstić information content (AvgIpc) is 3.34. The molecular formula is C54H83NO15. The summed E-state index contributed by atoms with van der Waals surface area (Å²) >= 11 is 0. The molecule has 3 fully saturated rings. The summed E-state index contributed by atoms with van der Waals surface area (Å²) in [5, 5.41) is 53.5. The molecule has 16 heteroatoms. The van der Waals surface area contributed by atoms with Crippen LogP contribution < -0.4 is 0 Å². The highest BCUT2D eigenvalue weighted by molar-refractivity contribution is 6.39. The zero-order valence-electron chi connectivity index (χ0n) is 43.0. The van der Waals surface area contributed by atoms with Crippen LogP contribution in [-0.4, -0.2) is 141 Å².